The largest absolute Gasteiger partial charge is 0.482 e. The molecule has 3 aromatic carbocycles. The Kier molecular flexibility index (Phi) is 7.10. The molecule has 2 N–H and O–H groups in total. The van der Waals surface area contributed by atoms with Gasteiger partial charge in [-0.1, -0.05) is 47.0 Å². The van der Waals surface area contributed by atoms with Crippen LogP contribution in [0.5, 0.6) is 5.75 Å². The second-order valence-electron chi connectivity index (χ2n) is 6.81. The molecule has 0 heterocycles. The van der Waals surface area contributed by atoms with Crippen LogP contribution in [-0.4, -0.2) is 20.9 Å². The molecule has 0 saturated heterocycles. The number of anilines is 2. The number of carbonyl (C=O) groups excluding carboxylic acids is 1. The lowest BCUT2D eigenvalue weighted by atomic mass is 10.2. The zero-order valence-corrected chi connectivity index (χ0v) is 19.1. The van der Waals surface area contributed by atoms with Gasteiger partial charge < -0.3 is 10.1 Å². The molecule has 0 radical (unpaired) electrons. The van der Waals surface area contributed by atoms with Crippen molar-refractivity contribution in [1.29, 1.82) is 0 Å². The first kappa shape index (κ1) is 22.9. The zero-order valence-electron chi connectivity index (χ0n) is 16.8. The van der Waals surface area contributed by atoms with Crippen molar-refractivity contribution in [3.05, 3.63) is 81.8 Å². The molecule has 0 aliphatic carbocycles. The SMILES string of the molecule is Cc1ccc(NS(=O)(=O)c2ccc(OCC(=O)Nc3cccc(Cl)c3C)c(Cl)c2)cc1. The molecule has 31 heavy (non-hydrogen) atoms. The molecule has 3 rings (SSSR count). The smallest absolute Gasteiger partial charge is 0.262 e. The predicted octanol–water partition coefficient (Wildman–Crippen LogP) is 5.43. The van der Waals surface area contributed by atoms with Gasteiger partial charge in [-0.2, -0.15) is 0 Å². The number of amides is 1. The van der Waals surface area contributed by atoms with Crippen LogP contribution in [0.15, 0.2) is 65.6 Å². The van der Waals surface area contributed by atoms with Gasteiger partial charge in [0.05, 0.1) is 9.92 Å². The Hall–Kier alpha value is -2.74. The Labute approximate surface area is 191 Å². The third kappa shape index (κ3) is 5.91. The number of hydrogen-bond donors (Lipinski definition) is 2. The van der Waals surface area contributed by atoms with Gasteiger partial charge in [-0.15, -0.1) is 0 Å². The van der Waals surface area contributed by atoms with Gasteiger partial charge in [0.15, 0.2) is 6.61 Å². The lowest BCUT2D eigenvalue weighted by molar-refractivity contribution is -0.118. The van der Waals surface area contributed by atoms with E-state index in [4.69, 9.17) is 27.9 Å². The van der Waals surface area contributed by atoms with Gasteiger partial charge in [-0.05, 0) is 61.9 Å². The number of ether oxygens (including phenoxy) is 1. The van der Waals surface area contributed by atoms with Crippen molar-refractivity contribution in [2.45, 2.75) is 18.7 Å². The van der Waals surface area contributed by atoms with Crippen LogP contribution in [0.3, 0.4) is 0 Å². The molecule has 0 fully saturated rings. The molecule has 0 saturated carbocycles. The maximum atomic E-state index is 12.6. The summed E-state index contributed by atoms with van der Waals surface area (Å²) < 4.78 is 33.1. The Bertz CT molecular complexity index is 1210. The molecule has 0 aliphatic rings. The van der Waals surface area contributed by atoms with Crippen molar-refractivity contribution >= 4 is 50.5 Å². The number of nitrogens with one attached hydrogen (secondary N) is 2. The van der Waals surface area contributed by atoms with Crippen molar-refractivity contribution in [2.75, 3.05) is 16.6 Å². The van der Waals surface area contributed by atoms with E-state index in [2.05, 4.69) is 10.0 Å². The second-order valence-corrected chi connectivity index (χ2v) is 9.31. The van der Waals surface area contributed by atoms with Gasteiger partial charge in [-0.3, -0.25) is 9.52 Å². The Morgan fingerprint density at radius 2 is 1.68 bits per heavy atom. The first-order valence-electron chi connectivity index (χ1n) is 9.22. The minimum atomic E-state index is -3.83. The van der Waals surface area contributed by atoms with Gasteiger partial charge in [0.1, 0.15) is 5.75 Å². The number of halogens is 2. The number of sulfonamides is 1. The number of aryl methyl sites for hydroxylation is 1. The summed E-state index contributed by atoms with van der Waals surface area (Å²) in [4.78, 5) is 12.2. The zero-order chi connectivity index (χ0) is 22.6. The van der Waals surface area contributed by atoms with E-state index >= 15 is 0 Å². The average molecular weight is 479 g/mol. The quantitative estimate of drug-likeness (QED) is 0.474. The number of hydrogen-bond acceptors (Lipinski definition) is 4. The minimum Gasteiger partial charge on any atom is -0.482 e. The predicted molar refractivity (Wildman–Crippen MR) is 124 cm³/mol. The third-order valence-corrected chi connectivity index (χ3v) is 6.50. The van der Waals surface area contributed by atoms with Crippen LogP contribution in [0.4, 0.5) is 11.4 Å². The summed E-state index contributed by atoms with van der Waals surface area (Å²) in [7, 11) is -3.83. The molecule has 9 heteroatoms. The van der Waals surface area contributed by atoms with E-state index in [9.17, 15) is 13.2 Å². The molecule has 0 aliphatic heterocycles. The fraction of sp³-hybridized carbons (Fsp3) is 0.136. The number of carbonyl (C=O) groups is 1. The molecular formula is C22H20Cl2N2O4S. The molecule has 0 bridgehead atoms. The fourth-order valence-corrected chi connectivity index (χ4v) is 4.23. The molecule has 0 spiro atoms. The highest BCUT2D eigenvalue weighted by molar-refractivity contribution is 7.92. The normalized spacial score (nSPS) is 11.1. The summed E-state index contributed by atoms with van der Waals surface area (Å²) in [6.07, 6.45) is 0. The topological polar surface area (TPSA) is 84.5 Å². The summed E-state index contributed by atoms with van der Waals surface area (Å²) in [6.45, 7) is 3.39. The van der Waals surface area contributed by atoms with Crippen LogP contribution >= 0.6 is 23.2 Å². The third-order valence-electron chi connectivity index (χ3n) is 4.42. The molecule has 3 aromatic rings. The number of rotatable bonds is 7. The van der Waals surface area contributed by atoms with Crippen LogP contribution in [0, 0.1) is 13.8 Å². The van der Waals surface area contributed by atoms with E-state index < -0.39 is 15.9 Å². The summed E-state index contributed by atoms with van der Waals surface area (Å²) in [5.41, 5.74) is 2.78. The monoisotopic (exact) mass is 478 g/mol. The molecule has 0 atom stereocenters. The van der Waals surface area contributed by atoms with E-state index in [1.54, 1.807) is 49.4 Å². The Morgan fingerprint density at radius 1 is 0.968 bits per heavy atom. The molecular weight excluding hydrogens is 459 g/mol. The average Bonchev–Trinajstić information content (AvgIpc) is 2.72. The maximum Gasteiger partial charge on any atom is 0.262 e. The summed E-state index contributed by atoms with van der Waals surface area (Å²) in [5.74, 6) is -0.215. The molecule has 162 valence electrons. The highest BCUT2D eigenvalue weighted by Gasteiger charge is 2.17. The lowest BCUT2D eigenvalue weighted by Crippen LogP contribution is -2.21. The van der Waals surface area contributed by atoms with Crippen molar-refractivity contribution in [3.63, 3.8) is 0 Å². The summed E-state index contributed by atoms with van der Waals surface area (Å²) in [5, 5.41) is 3.32. The Morgan fingerprint density at radius 3 is 2.35 bits per heavy atom. The van der Waals surface area contributed by atoms with Crippen molar-refractivity contribution in [2.24, 2.45) is 0 Å². The molecule has 1 amide bonds. The maximum absolute atomic E-state index is 12.6. The highest BCUT2D eigenvalue weighted by Crippen LogP contribution is 2.29. The van der Waals surface area contributed by atoms with Gasteiger partial charge in [-0.25, -0.2) is 8.42 Å². The standard InChI is InChI=1S/C22H20Cl2N2O4S/c1-14-6-8-16(9-7-14)26-31(28,29)17-10-11-21(19(24)12-17)30-13-22(27)25-20-5-3-4-18(23)15(20)2/h3-12,26H,13H2,1-2H3,(H,25,27). The summed E-state index contributed by atoms with van der Waals surface area (Å²) in [6, 6.07) is 16.2. The van der Waals surface area contributed by atoms with Gasteiger partial charge in [0.25, 0.3) is 15.9 Å². The van der Waals surface area contributed by atoms with E-state index in [1.807, 2.05) is 6.92 Å². The van der Waals surface area contributed by atoms with Crippen LogP contribution in [0.1, 0.15) is 11.1 Å². The van der Waals surface area contributed by atoms with Crippen LogP contribution in [-0.2, 0) is 14.8 Å². The highest BCUT2D eigenvalue weighted by atomic mass is 35.5. The van der Waals surface area contributed by atoms with Gasteiger partial charge in [0, 0.05) is 16.4 Å². The minimum absolute atomic E-state index is 0.0237. The molecule has 0 aromatic heterocycles. The second kappa shape index (κ2) is 9.60. The van der Waals surface area contributed by atoms with E-state index in [1.165, 1.54) is 18.2 Å². The van der Waals surface area contributed by atoms with Crippen molar-refractivity contribution in [1.82, 2.24) is 0 Å². The van der Waals surface area contributed by atoms with Crippen LogP contribution in [0.25, 0.3) is 0 Å². The first-order chi connectivity index (χ1) is 14.7. The van der Waals surface area contributed by atoms with Gasteiger partial charge in [0.2, 0.25) is 0 Å². The Balaban J connectivity index is 1.65. The number of benzene rings is 3. The van der Waals surface area contributed by atoms with Crippen LogP contribution < -0.4 is 14.8 Å². The molecule has 0 unspecified atom stereocenters. The van der Waals surface area contributed by atoms with Crippen molar-refractivity contribution < 1.29 is 17.9 Å². The van der Waals surface area contributed by atoms with E-state index in [-0.39, 0.29) is 22.3 Å². The lowest BCUT2D eigenvalue weighted by Gasteiger charge is -2.12. The van der Waals surface area contributed by atoms with E-state index in [0.29, 0.717) is 16.4 Å². The first-order valence-corrected chi connectivity index (χ1v) is 11.5. The fourth-order valence-electron chi connectivity index (χ4n) is 2.67. The van der Waals surface area contributed by atoms with Crippen LogP contribution in [0.2, 0.25) is 10.0 Å². The van der Waals surface area contributed by atoms with Gasteiger partial charge >= 0.3 is 0 Å². The summed E-state index contributed by atoms with van der Waals surface area (Å²) >= 11 is 12.2. The van der Waals surface area contributed by atoms with Crippen molar-refractivity contribution in [3.8, 4) is 5.75 Å². The van der Waals surface area contributed by atoms with E-state index in [0.717, 1.165) is 11.1 Å². The molecule has 6 nitrogen and oxygen atoms in total.